The van der Waals surface area contributed by atoms with Crippen molar-refractivity contribution in [3.8, 4) is 11.8 Å². The molecule has 0 saturated heterocycles. The maximum atomic E-state index is 8.42. The molecule has 1 aromatic rings. The van der Waals surface area contributed by atoms with E-state index in [9.17, 15) is 0 Å². The molecule has 0 atom stereocenters. The zero-order valence-corrected chi connectivity index (χ0v) is 7.89. The average Bonchev–Trinajstić information content (AvgIpc) is 2.19. The normalized spacial score (nSPS) is 8.62. The van der Waals surface area contributed by atoms with Crippen LogP contribution in [0.5, 0.6) is 5.75 Å². The van der Waals surface area contributed by atoms with Crippen LogP contribution in [0.1, 0.15) is 0 Å². The van der Waals surface area contributed by atoms with Gasteiger partial charge in [0.2, 0.25) is 0 Å². The summed E-state index contributed by atoms with van der Waals surface area (Å²) in [7, 11) is 1.60. The third kappa shape index (κ3) is 2.73. The molecule has 66 valence electrons. The van der Waals surface area contributed by atoms with E-state index in [2.05, 4.69) is 5.32 Å². The van der Waals surface area contributed by atoms with Gasteiger partial charge in [-0.1, -0.05) is 0 Å². The minimum absolute atomic E-state index is 0.158. The molecule has 4 heteroatoms. The molecule has 1 N–H and O–H groups in total. The fourth-order valence-corrected chi connectivity index (χ4v) is 0.951. The van der Waals surface area contributed by atoms with Gasteiger partial charge in [0.1, 0.15) is 11.8 Å². The van der Waals surface area contributed by atoms with E-state index < -0.39 is 0 Å². The van der Waals surface area contributed by atoms with Crippen LogP contribution < -0.4 is 10.1 Å². The fourth-order valence-electron chi connectivity index (χ4n) is 0.833. The molecule has 0 bridgehead atoms. The minimum Gasteiger partial charge on any atom is -0.497 e. The summed E-state index contributed by atoms with van der Waals surface area (Å²) in [5.41, 5.74) is 0.785. The number of nitrogens with zero attached hydrogens (tertiary/aromatic N) is 1. The standard InChI is InChI=1S/C9H8N2OS/c1-12-8-4-2-7(3-5-8)11-9(13)6-10/h2-5H,1H3,(H,11,13). The molecule has 3 nitrogen and oxygen atoms in total. The number of anilines is 1. The Morgan fingerprint density at radius 1 is 1.46 bits per heavy atom. The average molecular weight is 192 g/mol. The third-order valence-electron chi connectivity index (χ3n) is 1.45. The second kappa shape index (κ2) is 4.43. The van der Waals surface area contributed by atoms with E-state index in [0.29, 0.717) is 0 Å². The number of rotatable bonds is 2. The molecule has 0 radical (unpaired) electrons. The van der Waals surface area contributed by atoms with Crippen molar-refractivity contribution in [3.63, 3.8) is 0 Å². The van der Waals surface area contributed by atoms with Gasteiger partial charge in [-0.05, 0) is 36.5 Å². The maximum Gasteiger partial charge on any atom is 0.182 e. The number of nitrogens with one attached hydrogen (secondary N) is 1. The first-order chi connectivity index (χ1) is 6.26. The van der Waals surface area contributed by atoms with Gasteiger partial charge < -0.3 is 10.1 Å². The van der Waals surface area contributed by atoms with Crippen LogP contribution in [-0.2, 0) is 0 Å². The molecule has 0 spiro atoms. The van der Waals surface area contributed by atoms with Crippen LogP contribution in [-0.4, -0.2) is 12.1 Å². The number of thiocarbonyl (C=S) groups is 1. The van der Waals surface area contributed by atoms with Gasteiger partial charge in [-0.25, -0.2) is 0 Å². The Bertz CT molecular complexity index is 340. The summed E-state index contributed by atoms with van der Waals surface area (Å²) in [6.07, 6.45) is 0. The highest BCUT2D eigenvalue weighted by molar-refractivity contribution is 7.81. The predicted molar refractivity (Wildman–Crippen MR) is 54.8 cm³/mol. The lowest BCUT2D eigenvalue weighted by molar-refractivity contribution is 0.415. The van der Waals surface area contributed by atoms with Crippen molar-refractivity contribution in [3.05, 3.63) is 24.3 Å². The summed E-state index contributed by atoms with van der Waals surface area (Å²) < 4.78 is 4.97. The van der Waals surface area contributed by atoms with E-state index in [4.69, 9.17) is 22.2 Å². The first-order valence-electron chi connectivity index (χ1n) is 3.61. The minimum atomic E-state index is 0.158. The zero-order chi connectivity index (χ0) is 9.68. The molecule has 0 fully saturated rings. The van der Waals surface area contributed by atoms with Gasteiger partial charge in [0.05, 0.1) is 7.11 Å². The van der Waals surface area contributed by atoms with Crippen molar-refractivity contribution < 1.29 is 4.74 Å². The molecule has 0 aliphatic carbocycles. The van der Waals surface area contributed by atoms with E-state index in [1.807, 2.05) is 6.07 Å². The van der Waals surface area contributed by atoms with Crippen molar-refractivity contribution in [1.82, 2.24) is 0 Å². The Hall–Kier alpha value is -1.60. The first-order valence-corrected chi connectivity index (χ1v) is 4.02. The van der Waals surface area contributed by atoms with E-state index in [-0.39, 0.29) is 4.99 Å². The summed E-state index contributed by atoms with van der Waals surface area (Å²) in [5.74, 6) is 0.772. The molecule has 0 heterocycles. The number of nitriles is 1. The smallest absolute Gasteiger partial charge is 0.182 e. The van der Waals surface area contributed by atoms with Gasteiger partial charge in [-0.3, -0.25) is 0 Å². The maximum absolute atomic E-state index is 8.42. The Labute approximate surface area is 81.9 Å². The molecule has 0 aliphatic rings. The highest BCUT2D eigenvalue weighted by Crippen LogP contribution is 2.14. The van der Waals surface area contributed by atoms with Crippen LogP contribution >= 0.6 is 12.2 Å². The van der Waals surface area contributed by atoms with E-state index in [1.54, 1.807) is 31.4 Å². The molecule has 13 heavy (non-hydrogen) atoms. The molecule has 0 unspecified atom stereocenters. The molecular formula is C9H8N2OS. The lowest BCUT2D eigenvalue weighted by atomic mass is 10.3. The van der Waals surface area contributed by atoms with Gasteiger partial charge in [-0.2, -0.15) is 5.26 Å². The molecule has 0 aliphatic heterocycles. The summed E-state index contributed by atoms with van der Waals surface area (Å²) in [4.78, 5) is 0.158. The highest BCUT2D eigenvalue weighted by atomic mass is 32.1. The SMILES string of the molecule is COc1ccc(NC(=S)C#N)cc1. The van der Waals surface area contributed by atoms with Crippen LogP contribution in [0.25, 0.3) is 0 Å². The summed E-state index contributed by atoms with van der Waals surface area (Å²) in [6, 6.07) is 9.01. The quantitative estimate of drug-likeness (QED) is 0.727. The van der Waals surface area contributed by atoms with Crippen LogP contribution in [0.2, 0.25) is 0 Å². The summed E-state index contributed by atoms with van der Waals surface area (Å²) in [6.45, 7) is 0. The van der Waals surface area contributed by atoms with Crippen LogP contribution in [0.15, 0.2) is 24.3 Å². The van der Waals surface area contributed by atoms with E-state index >= 15 is 0 Å². The molecule has 1 rings (SSSR count). The van der Waals surface area contributed by atoms with Crippen molar-refractivity contribution >= 4 is 22.9 Å². The number of methoxy groups -OCH3 is 1. The van der Waals surface area contributed by atoms with Gasteiger partial charge in [0.25, 0.3) is 0 Å². The van der Waals surface area contributed by atoms with Crippen molar-refractivity contribution in [2.75, 3.05) is 12.4 Å². The Kier molecular flexibility index (Phi) is 3.23. The van der Waals surface area contributed by atoms with E-state index in [0.717, 1.165) is 11.4 Å². The molecule has 0 amide bonds. The third-order valence-corrected chi connectivity index (χ3v) is 1.64. The van der Waals surface area contributed by atoms with Crippen molar-refractivity contribution in [2.45, 2.75) is 0 Å². The Morgan fingerprint density at radius 3 is 2.54 bits per heavy atom. The largest absolute Gasteiger partial charge is 0.497 e. The number of ether oxygens (including phenoxy) is 1. The van der Waals surface area contributed by atoms with Gasteiger partial charge in [-0.15, -0.1) is 0 Å². The topological polar surface area (TPSA) is 45.0 Å². The Balaban J connectivity index is 2.71. The number of hydrogen-bond donors (Lipinski definition) is 1. The zero-order valence-electron chi connectivity index (χ0n) is 7.07. The van der Waals surface area contributed by atoms with Crippen molar-refractivity contribution in [2.24, 2.45) is 0 Å². The predicted octanol–water partition coefficient (Wildman–Crippen LogP) is 1.96. The van der Waals surface area contributed by atoms with Crippen molar-refractivity contribution in [1.29, 1.82) is 5.26 Å². The van der Waals surface area contributed by atoms with Crippen LogP contribution in [0.4, 0.5) is 5.69 Å². The fraction of sp³-hybridized carbons (Fsp3) is 0.111. The van der Waals surface area contributed by atoms with E-state index in [1.165, 1.54) is 0 Å². The van der Waals surface area contributed by atoms with Crippen LogP contribution in [0.3, 0.4) is 0 Å². The van der Waals surface area contributed by atoms with Gasteiger partial charge in [0.15, 0.2) is 4.99 Å². The summed E-state index contributed by atoms with van der Waals surface area (Å²) in [5, 5.41) is 11.2. The number of benzene rings is 1. The second-order valence-electron chi connectivity index (χ2n) is 2.29. The first kappa shape index (κ1) is 9.49. The molecule has 1 aromatic carbocycles. The van der Waals surface area contributed by atoms with Gasteiger partial charge >= 0.3 is 0 Å². The monoisotopic (exact) mass is 192 g/mol. The second-order valence-corrected chi connectivity index (χ2v) is 2.70. The Morgan fingerprint density at radius 2 is 2.08 bits per heavy atom. The van der Waals surface area contributed by atoms with Gasteiger partial charge in [0, 0.05) is 5.69 Å². The highest BCUT2D eigenvalue weighted by Gasteiger charge is 1.95. The van der Waals surface area contributed by atoms with Crippen LogP contribution in [0, 0.1) is 11.3 Å². The lowest BCUT2D eigenvalue weighted by Crippen LogP contribution is -2.04. The molecule has 0 saturated carbocycles. The number of hydrogen-bond acceptors (Lipinski definition) is 3. The molecule has 0 aromatic heterocycles. The lowest BCUT2D eigenvalue weighted by Gasteiger charge is -2.03. The molecular weight excluding hydrogens is 184 g/mol. The summed E-state index contributed by atoms with van der Waals surface area (Å²) >= 11 is 4.70.